The first-order valence-electron chi connectivity index (χ1n) is 9.12. The monoisotopic (exact) mass is 420 g/mol. The summed E-state index contributed by atoms with van der Waals surface area (Å²) in [6.07, 6.45) is 0. The van der Waals surface area contributed by atoms with Gasteiger partial charge in [0.2, 0.25) is 10.0 Å². The van der Waals surface area contributed by atoms with Crippen LogP contribution in [-0.2, 0) is 14.8 Å². The van der Waals surface area contributed by atoms with Gasteiger partial charge in [-0.2, -0.15) is 4.31 Å². The first-order chi connectivity index (χ1) is 13.5. The second-order valence-corrected chi connectivity index (χ2v) is 9.56. The van der Waals surface area contributed by atoms with E-state index < -0.39 is 10.0 Å². The zero-order valence-corrected chi connectivity index (χ0v) is 17.4. The lowest BCUT2D eigenvalue weighted by Crippen LogP contribution is -2.40. The highest BCUT2D eigenvalue weighted by Crippen LogP contribution is 2.19. The van der Waals surface area contributed by atoms with Crippen molar-refractivity contribution in [2.45, 2.75) is 16.7 Å². The molecule has 0 atom stereocenters. The van der Waals surface area contributed by atoms with Gasteiger partial charge in [0.15, 0.2) is 0 Å². The molecule has 1 aliphatic heterocycles. The Labute approximate surface area is 170 Å². The summed E-state index contributed by atoms with van der Waals surface area (Å²) in [7, 11) is -3.54. The van der Waals surface area contributed by atoms with Crippen molar-refractivity contribution in [3.63, 3.8) is 0 Å². The minimum absolute atomic E-state index is 0.195. The lowest BCUT2D eigenvalue weighted by atomic mass is 10.2. The molecule has 1 saturated heterocycles. The van der Waals surface area contributed by atoms with Crippen molar-refractivity contribution in [2.24, 2.45) is 0 Å². The van der Waals surface area contributed by atoms with Crippen LogP contribution < -0.4 is 5.32 Å². The number of sulfonamides is 1. The van der Waals surface area contributed by atoms with E-state index in [0.717, 1.165) is 10.6 Å². The number of nitrogens with zero attached hydrogens (tertiary/aromatic N) is 1. The first kappa shape index (κ1) is 20.9. The Hall–Kier alpha value is -1.87. The van der Waals surface area contributed by atoms with Crippen LogP contribution in [0.1, 0.15) is 15.9 Å². The summed E-state index contributed by atoms with van der Waals surface area (Å²) in [5, 5.41) is 2.87. The van der Waals surface area contributed by atoms with Gasteiger partial charge in [0, 0.05) is 35.8 Å². The van der Waals surface area contributed by atoms with Crippen LogP contribution in [0.5, 0.6) is 0 Å². The minimum Gasteiger partial charge on any atom is -0.379 e. The number of hydrogen-bond acceptors (Lipinski definition) is 5. The number of thioether (sulfide) groups is 1. The summed E-state index contributed by atoms with van der Waals surface area (Å²) < 4.78 is 31.8. The fraction of sp³-hybridized carbons (Fsp3) is 0.350. The van der Waals surface area contributed by atoms with E-state index in [1.165, 1.54) is 22.0 Å². The fourth-order valence-electron chi connectivity index (χ4n) is 2.78. The third-order valence-corrected chi connectivity index (χ3v) is 7.33. The van der Waals surface area contributed by atoms with Gasteiger partial charge in [-0.15, -0.1) is 11.8 Å². The third kappa shape index (κ3) is 5.35. The number of ether oxygens (including phenoxy) is 1. The Morgan fingerprint density at radius 3 is 2.36 bits per heavy atom. The molecule has 0 spiro atoms. The maximum atomic E-state index is 12.6. The predicted molar refractivity (Wildman–Crippen MR) is 110 cm³/mol. The van der Waals surface area contributed by atoms with Gasteiger partial charge in [-0.25, -0.2) is 8.42 Å². The number of hydrogen-bond donors (Lipinski definition) is 1. The van der Waals surface area contributed by atoms with Gasteiger partial charge in [0.1, 0.15) is 0 Å². The summed E-state index contributed by atoms with van der Waals surface area (Å²) in [6, 6.07) is 14.3. The molecule has 0 saturated carbocycles. The maximum Gasteiger partial charge on any atom is 0.251 e. The Morgan fingerprint density at radius 2 is 1.71 bits per heavy atom. The van der Waals surface area contributed by atoms with E-state index in [1.807, 2.05) is 6.92 Å². The molecule has 2 aromatic carbocycles. The van der Waals surface area contributed by atoms with E-state index in [-0.39, 0.29) is 10.8 Å². The summed E-state index contributed by atoms with van der Waals surface area (Å²) in [4.78, 5) is 13.6. The van der Waals surface area contributed by atoms with E-state index in [1.54, 1.807) is 23.9 Å². The van der Waals surface area contributed by atoms with Gasteiger partial charge in [-0.1, -0.05) is 17.7 Å². The molecule has 0 aliphatic carbocycles. The second kappa shape index (κ2) is 9.56. The van der Waals surface area contributed by atoms with Gasteiger partial charge in [0.05, 0.1) is 18.1 Å². The van der Waals surface area contributed by atoms with Crippen LogP contribution in [0.4, 0.5) is 0 Å². The largest absolute Gasteiger partial charge is 0.379 e. The van der Waals surface area contributed by atoms with Crippen LogP contribution in [0.25, 0.3) is 0 Å². The standard InChI is InChI=1S/C20H24N2O4S2/c1-16-2-6-18(7-3-16)27-15-10-21-20(23)17-4-8-19(9-5-17)28(24,25)22-11-13-26-14-12-22/h2-9H,10-15H2,1H3,(H,21,23). The smallest absolute Gasteiger partial charge is 0.251 e. The molecule has 1 amide bonds. The number of benzene rings is 2. The molecule has 1 aliphatic rings. The summed E-state index contributed by atoms with van der Waals surface area (Å²) >= 11 is 1.68. The maximum absolute atomic E-state index is 12.6. The molecule has 28 heavy (non-hydrogen) atoms. The molecule has 3 rings (SSSR count). The van der Waals surface area contributed by atoms with Crippen LogP contribution in [0, 0.1) is 6.92 Å². The Bertz CT molecular complexity index is 891. The van der Waals surface area contributed by atoms with Crippen LogP contribution in [0.15, 0.2) is 58.3 Å². The Morgan fingerprint density at radius 1 is 1.07 bits per heavy atom. The average molecular weight is 421 g/mol. The lowest BCUT2D eigenvalue weighted by Gasteiger charge is -2.26. The van der Waals surface area contributed by atoms with E-state index in [4.69, 9.17) is 4.74 Å². The highest BCUT2D eigenvalue weighted by atomic mass is 32.2. The summed E-state index contributed by atoms with van der Waals surface area (Å²) in [5.74, 6) is 0.554. The van der Waals surface area contributed by atoms with Crippen LogP contribution in [0.3, 0.4) is 0 Å². The number of morpholine rings is 1. The normalized spacial score (nSPS) is 15.3. The van der Waals surface area contributed by atoms with E-state index in [2.05, 4.69) is 29.6 Å². The molecule has 0 bridgehead atoms. The van der Waals surface area contributed by atoms with E-state index in [0.29, 0.717) is 38.4 Å². The van der Waals surface area contributed by atoms with Crippen molar-refractivity contribution < 1.29 is 17.9 Å². The van der Waals surface area contributed by atoms with Gasteiger partial charge in [0.25, 0.3) is 5.91 Å². The summed E-state index contributed by atoms with van der Waals surface area (Å²) in [6.45, 7) is 4.09. The molecular weight excluding hydrogens is 396 g/mol. The lowest BCUT2D eigenvalue weighted by molar-refractivity contribution is 0.0730. The van der Waals surface area contributed by atoms with Crippen molar-refractivity contribution in [1.82, 2.24) is 9.62 Å². The Balaban J connectivity index is 1.51. The minimum atomic E-state index is -3.54. The molecule has 6 nitrogen and oxygen atoms in total. The van der Waals surface area contributed by atoms with E-state index in [9.17, 15) is 13.2 Å². The zero-order chi connectivity index (χ0) is 20.0. The first-order valence-corrected chi connectivity index (χ1v) is 11.5. The highest BCUT2D eigenvalue weighted by molar-refractivity contribution is 7.99. The zero-order valence-electron chi connectivity index (χ0n) is 15.8. The third-order valence-electron chi connectivity index (χ3n) is 4.40. The molecular formula is C20H24N2O4S2. The SMILES string of the molecule is Cc1ccc(SCCNC(=O)c2ccc(S(=O)(=O)N3CCOCC3)cc2)cc1. The van der Waals surface area contributed by atoms with Gasteiger partial charge in [-0.3, -0.25) is 4.79 Å². The Kier molecular flexibility index (Phi) is 7.12. The van der Waals surface area contributed by atoms with Crippen LogP contribution in [-0.4, -0.2) is 57.2 Å². The molecule has 0 unspecified atom stereocenters. The molecule has 1 heterocycles. The van der Waals surface area contributed by atoms with Crippen molar-refractivity contribution in [1.29, 1.82) is 0 Å². The number of aryl methyl sites for hydroxylation is 1. The topological polar surface area (TPSA) is 75.7 Å². The number of carbonyl (C=O) groups excluding carboxylic acids is 1. The quantitative estimate of drug-likeness (QED) is 0.550. The number of rotatable bonds is 7. The molecule has 150 valence electrons. The van der Waals surface area contributed by atoms with Crippen LogP contribution in [0.2, 0.25) is 0 Å². The summed E-state index contributed by atoms with van der Waals surface area (Å²) in [5.41, 5.74) is 1.66. The highest BCUT2D eigenvalue weighted by Gasteiger charge is 2.26. The van der Waals surface area contributed by atoms with Gasteiger partial charge in [-0.05, 0) is 43.3 Å². The number of nitrogens with one attached hydrogen (secondary N) is 1. The van der Waals surface area contributed by atoms with E-state index >= 15 is 0 Å². The molecule has 0 aromatic heterocycles. The molecule has 1 N–H and O–H groups in total. The average Bonchev–Trinajstić information content (AvgIpc) is 2.73. The number of carbonyl (C=O) groups is 1. The van der Waals surface area contributed by atoms with Gasteiger partial charge < -0.3 is 10.1 Å². The van der Waals surface area contributed by atoms with Crippen molar-refractivity contribution in [2.75, 3.05) is 38.6 Å². The predicted octanol–water partition coefficient (Wildman–Crippen LogP) is 2.54. The molecule has 0 radical (unpaired) electrons. The van der Waals surface area contributed by atoms with Crippen molar-refractivity contribution in [3.8, 4) is 0 Å². The fourth-order valence-corrected chi connectivity index (χ4v) is 4.96. The van der Waals surface area contributed by atoms with Gasteiger partial charge >= 0.3 is 0 Å². The molecule has 1 fully saturated rings. The molecule has 8 heteroatoms. The van der Waals surface area contributed by atoms with Crippen LogP contribution >= 0.6 is 11.8 Å². The van der Waals surface area contributed by atoms with Crippen molar-refractivity contribution in [3.05, 3.63) is 59.7 Å². The number of amides is 1. The molecule has 2 aromatic rings. The second-order valence-electron chi connectivity index (χ2n) is 6.46. The van der Waals surface area contributed by atoms with Crippen molar-refractivity contribution >= 4 is 27.7 Å².